The van der Waals surface area contributed by atoms with Crippen molar-refractivity contribution in [3.05, 3.63) is 94.0 Å². The topological polar surface area (TPSA) is 61.2 Å². The van der Waals surface area contributed by atoms with E-state index in [2.05, 4.69) is 0 Å². The van der Waals surface area contributed by atoms with E-state index < -0.39 is 21.1 Å². The van der Waals surface area contributed by atoms with Gasteiger partial charge in [-0.15, -0.1) is 0 Å². The Hall–Kier alpha value is -2.52. The Balaban J connectivity index is 1.92. The number of anilines is 1. The molecule has 0 saturated carbocycles. The second-order valence-electron chi connectivity index (χ2n) is 6.81. The standard InChI is InChI=1S/C22H16Cl2N2O2S/c23-17-9-5-15(6-10-17)14-26-19-3-1-2-4-20(19)29(27,28)21(13-25)22(26)16-7-11-18(24)12-8-16/h1-12,21-22H,14H2. The van der Waals surface area contributed by atoms with Crippen LogP contribution in [-0.2, 0) is 16.4 Å². The smallest absolute Gasteiger partial charge is 0.199 e. The van der Waals surface area contributed by atoms with Crippen molar-refractivity contribution in [2.24, 2.45) is 0 Å². The average Bonchev–Trinajstić information content (AvgIpc) is 2.72. The van der Waals surface area contributed by atoms with Gasteiger partial charge in [0.1, 0.15) is 0 Å². The fourth-order valence-electron chi connectivity index (χ4n) is 3.68. The van der Waals surface area contributed by atoms with Crippen molar-refractivity contribution >= 4 is 38.7 Å². The number of halogens is 2. The van der Waals surface area contributed by atoms with Crippen LogP contribution in [-0.4, -0.2) is 13.7 Å². The molecule has 4 nitrogen and oxygen atoms in total. The average molecular weight is 443 g/mol. The second-order valence-corrected chi connectivity index (χ2v) is 9.72. The van der Waals surface area contributed by atoms with Gasteiger partial charge in [-0.2, -0.15) is 5.26 Å². The van der Waals surface area contributed by atoms with Gasteiger partial charge in [0.2, 0.25) is 0 Å². The molecule has 1 heterocycles. The van der Waals surface area contributed by atoms with E-state index in [0.29, 0.717) is 27.8 Å². The molecule has 2 unspecified atom stereocenters. The lowest BCUT2D eigenvalue weighted by Gasteiger charge is -2.41. The number of para-hydroxylation sites is 1. The summed E-state index contributed by atoms with van der Waals surface area (Å²) < 4.78 is 26.5. The van der Waals surface area contributed by atoms with E-state index in [1.54, 1.807) is 60.7 Å². The van der Waals surface area contributed by atoms with Gasteiger partial charge in [0.05, 0.1) is 22.7 Å². The molecular weight excluding hydrogens is 427 g/mol. The number of fused-ring (bicyclic) bond motifs is 1. The first-order chi connectivity index (χ1) is 13.9. The number of rotatable bonds is 3. The highest BCUT2D eigenvalue weighted by atomic mass is 35.5. The van der Waals surface area contributed by atoms with Gasteiger partial charge in [0.15, 0.2) is 15.1 Å². The monoisotopic (exact) mass is 442 g/mol. The summed E-state index contributed by atoms with van der Waals surface area (Å²) in [6, 6.07) is 22.5. The maximum Gasteiger partial charge on any atom is 0.199 e. The van der Waals surface area contributed by atoms with Crippen LogP contribution in [0.5, 0.6) is 0 Å². The molecule has 4 rings (SSSR count). The third-order valence-electron chi connectivity index (χ3n) is 5.04. The summed E-state index contributed by atoms with van der Waals surface area (Å²) in [5, 5.41) is 9.79. The van der Waals surface area contributed by atoms with Crippen molar-refractivity contribution in [3.63, 3.8) is 0 Å². The van der Waals surface area contributed by atoms with Crippen LogP contribution in [0.25, 0.3) is 0 Å². The van der Waals surface area contributed by atoms with E-state index in [-0.39, 0.29) is 4.90 Å². The first kappa shape index (κ1) is 19.8. The number of hydrogen-bond donors (Lipinski definition) is 0. The van der Waals surface area contributed by atoms with Crippen molar-refractivity contribution in [3.8, 4) is 6.07 Å². The Morgan fingerprint density at radius 2 is 1.48 bits per heavy atom. The van der Waals surface area contributed by atoms with Crippen LogP contribution in [0.1, 0.15) is 17.2 Å². The molecular formula is C22H16Cl2N2O2S. The molecule has 1 aliphatic heterocycles. The summed E-state index contributed by atoms with van der Waals surface area (Å²) in [6.07, 6.45) is 0. The number of hydrogen-bond acceptors (Lipinski definition) is 4. The first-order valence-corrected chi connectivity index (χ1v) is 11.2. The highest BCUT2D eigenvalue weighted by Crippen LogP contribution is 2.44. The minimum atomic E-state index is -3.83. The lowest BCUT2D eigenvalue weighted by molar-refractivity contribution is 0.545. The maximum atomic E-state index is 13.2. The van der Waals surface area contributed by atoms with Crippen LogP contribution >= 0.6 is 23.2 Å². The van der Waals surface area contributed by atoms with Gasteiger partial charge < -0.3 is 4.90 Å². The molecule has 29 heavy (non-hydrogen) atoms. The fourth-order valence-corrected chi connectivity index (χ4v) is 5.73. The molecule has 3 aromatic carbocycles. The fraction of sp³-hybridized carbons (Fsp3) is 0.136. The SMILES string of the molecule is N#CC1C(c2ccc(Cl)cc2)N(Cc2ccc(Cl)cc2)c2ccccc2S1(=O)=O. The van der Waals surface area contributed by atoms with Crippen molar-refractivity contribution in [2.45, 2.75) is 22.7 Å². The van der Waals surface area contributed by atoms with Gasteiger partial charge in [-0.25, -0.2) is 8.42 Å². The molecule has 0 aromatic heterocycles. The van der Waals surface area contributed by atoms with Crippen molar-refractivity contribution < 1.29 is 8.42 Å². The molecule has 2 atom stereocenters. The van der Waals surface area contributed by atoms with E-state index >= 15 is 0 Å². The molecule has 0 fully saturated rings. The normalized spacial score (nSPS) is 20.0. The van der Waals surface area contributed by atoms with Gasteiger partial charge in [-0.3, -0.25) is 0 Å². The van der Waals surface area contributed by atoms with Crippen LogP contribution < -0.4 is 4.90 Å². The minimum absolute atomic E-state index is 0.172. The van der Waals surface area contributed by atoms with Gasteiger partial charge in [0, 0.05) is 16.6 Å². The molecule has 7 heteroatoms. The zero-order chi connectivity index (χ0) is 20.6. The van der Waals surface area contributed by atoms with Crippen LogP contribution in [0.4, 0.5) is 5.69 Å². The summed E-state index contributed by atoms with van der Waals surface area (Å²) in [4.78, 5) is 2.14. The van der Waals surface area contributed by atoms with Crippen LogP contribution in [0.3, 0.4) is 0 Å². The molecule has 0 aliphatic carbocycles. The van der Waals surface area contributed by atoms with Gasteiger partial charge >= 0.3 is 0 Å². The molecule has 0 radical (unpaired) electrons. The van der Waals surface area contributed by atoms with Crippen LogP contribution in [0.2, 0.25) is 10.0 Å². The molecule has 1 aliphatic rings. The van der Waals surface area contributed by atoms with E-state index in [1.165, 1.54) is 0 Å². The number of nitriles is 1. The third-order valence-corrected chi connectivity index (χ3v) is 7.54. The van der Waals surface area contributed by atoms with E-state index in [1.807, 2.05) is 23.1 Å². The zero-order valence-electron chi connectivity index (χ0n) is 15.2. The Labute approximate surface area is 179 Å². The van der Waals surface area contributed by atoms with Gasteiger partial charge in [-0.05, 0) is 47.5 Å². The predicted molar refractivity (Wildman–Crippen MR) is 115 cm³/mol. The Kier molecular flexibility index (Phi) is 5.26. The van der Waals surface area contributed by atoms with E-state index in [9.17, 15) is 13.7 Å². The van der Waals surface area contributed by atoms with Crippen LogP contribution in [0, 0.1) is 11.3 Å². The molecule has 3 aromatic rings. The zero-order valence-corrected chi connectivity index (χ0v) is 17.5. The van der Waals surface area contributed by atoms with Crippen LogP contribution in [0.15, 0.2) is 77.7 Å². The highest BCUT2D eigenvalue weighted by Gasteiger charge is 2.45. The van der Waals surface area contributed by atoms with Crippen molar-refractivity contribution in [1.29, 1.82) is 5.26 Å². The van der Waals surface area contributed by atoms with Gasteiger partial charge in [-0.1, -0.05) is 59.6 Å². The third kappa shape index (κ3) is 3.60. The molecule has 0 amide bonds. The predicted octanol–water partition coefficient (Wildman–Crippen LogP) is 5.42. The molecule has 0 bridgehead atoms. The minimum Gasteiger partial charge on any atom is -0.357 e. The molecule has 146 valence electrons. The summed E-state index contributed by atoms with van der Waals surface area (Å²) in [5.41, 5.74) is 2.25. The molecule has 0 N–H and O–H groups in total. The number of benzene rings is 3. The molecule has 0 saturated heterocycles. The lowest BCUT2D eigenvalue weighted by Crippen LogP contribution is -2.44. The quantitative estimate of drug-likeness (QED) is 0.542. The van der Waals surface area contributed by atoms with E-state index in [4.69, 9.17) is 23.2 Å². The summed E-state index contributed by atoms with van der Waals surface area (Å²) in [5.74, 6) is 0. The van der Waals surface area contributed by atoms with Crippen molar-refractivity contribution in [1.82, 2.24) is 0 Å². The van der Waals surface area contributed by atoms with E-state index in [0.717, 1.165) is 5.56 Å². The first-order valence-electron chi connectivity index (χ1n) is 8.91. The Morgan fingerprint density at radius 1 is 0.897 bits per heavy atom. The second kappa shape index (κ2) is 7.72. The van der Waals surface area contributed by atoms with Gasteiger partial charge in [0.25, 0.3) is 0 Å². The van der Waals surface area contributed by atoms with Crippen molar-refractivity contribution in [2.75, 3.05) is 4.90 Å². The summed E-state index contributed by atoms with van der Waals surface area (Å²) >= 11 is 12.0. The lowest BCUT2D eigenvalue weighted by atomic mass is 9.99. The molecule has 0 spiro atoms. The summed E-state index contributed by atoms with van der Waals surface area (Å²) in [6.45, 7) is 0.426. The Morgan fingerprint density at radius 3 is 2.10 bits per heavy atom. The largest absolute Gasteiger partial charge is 0.357 e. The number of sulfone groups is 1. The summed E-state index contributed by atoms with van der Waals surface area (Å²) in [7, 11) is -3.83. The Bertz CT molecular complexity index is 1190. The maximum absolute atomic E-state index is 13.2. The highest BCUT2D eigenvalue weighted by molar-refractivity contribution is 7.92. The number of nitrogens with zero attached hydrogens (tertiary/aromatic N) is 2.